The van der Waals surface area contributed by atoms with Crippen LogP contribution in [-0.2, 0) is 6.54 Å². The van der Waals surface area contributed by atoms with Crippen LogP contribution in [0.1, 0.15) is 40.5 Å². The summed E-state index contributed by atoms with van der Waals surface area (Å²) in [6.07, 6.45) is -1.63. The summed E-state index contributed by atoms with van der Waals surface area (Å²) in [6.45, 7) is 7.97. The molecule has 0 radical (unpaired) electrons. The lowest BCUT2D eigenvalue weighted by Gasteiger charge is -2.47. The fraction of sp³-hybridized carbons (Fsp3) is 0.778. The molecule has 2 rings (SSSR count). The summed E-state index contributed by atoms with van der Waals surface area (Å²) in [5, 5.41) is 16.6. The Bertz CT molecular complexity index is 656. The van der Waals surface area contributed by atoms with E-state index in [2.05, 4.69) is 15.3 Å². The third-order valence-corrected chi connectivity index (χ3v) is 4.82. The number of rotatable bonds is 6. The fourth-order valence-electron chi connectivity index (χ4n) is 3.57. The molecular formula is C18H30F3N5O2. The van der Waals surface area contributed by atoms with E-state index in [0.29, 0.717) is 19.6 Å². The van der Waals surface area contributed by atoms with E-state index in [1.54, 1.807) is 18.7 Å². The van der Waals surface area contributed by atoms with Gasteiger partial charge in [-0.15, -0.1) is 0 Å². The monoisotopic (exact) mass is 405 g/mol. The third kappa shape index (κ3) is 6.37. The quantitative estimate of drug-likeness (QED) is 0.763. The zero-order valence-electron chi connectivity index (χ0n) is 16.8. The number of piperazine rings is 1. The number of anilines is 1. The fourth-order valence-corrected chi connectivity index (χ4v) is 3.57. The molecule has 1 aromatic rings. The summed E-state index contributed by atoms with van der Waals surface area (Å²) >= 11 is 0. The number of carbonyl (C=O) groups excluding carboxylic acids is 1. The topological polar surface area (TPSA) is 73.6 Å². The maximum absolute atomic E-state index is 12.8. The van der Waals surface area contributed by atoms with Gasteiger partial charge in [-0.1, -0.05) is 13.8 Å². The molecule has 28 heavy (non-hydrogen) atoms. The van der Waals surface area contributed by atoms with Crippen molar-refractivity contribution in [1.29, 1.82) is 0 Å². The van der Waals surface area contributed by atoms with Crippen molar-refractivity contribution in [3.8, 4) is 0 Å². The normalized spacial score (nSPS) is 21.8. The Morgan fingerprint density at radius 1 is 1.21 bits per heavy atom. The minimum Gasteiger partial charge on any atom is -0.389 e. The van der Waals surface area contributed by atoms with Crippen LogP contribution in [0.2, 0.25) is 0 Å². The molecule has 0 spiro atoms. The lowest BCUT2D eigenvalue weighted by Crippen LogP contribution is -2.62. The maximum Gasteiger partial charge on any atom is 0.408 e. The van der Waals surface area contributed by atoms with Gasteiger partial charge in [0.25, 0.3) is 0 Å². The number of amides is 2. The zero-order chi connectivity index (χ0) is 21.1. The zero-order valence-corrected chi connectivity index (χ0v) is 16.8. The molecule has 0 aliphatic carbocycles. The number of aromatic nitrogens is 2. The van der Waals surface area contributed by atoms with Gasteiger partial charge in [0.2, 0.25) is 0 Å². The van der Waals surface area contributed by atoms with Gasteiger partial charge in [-0.05, 0) is 26.7 Å². The van der Waals surface area contributed by atoms with Gasteiger partial charge in [0.15, 0.2) is 5.82 Å². The molecule has 7 nitrogen and oxygen atoms in total. The number of alkyl halides is 3. The van der Waals surface area contributed by atoms with Gasteiger partial charge < -0.3 is 10.0 Å². The molecule has 160 valence electrons. The average molecular weight is 405 g/mol. The van der Waals surface area contributed by atoms with Crippen LogP contribution in [0.4, 0.5) is 23.8 Å². The molecule has 1 aliphatic heterocycles. The Morgan fingerprint density at radius 3 is 2.39 bits per heavy atom. The van der Waals surface area contributed by atoms with Gasteiger partial charge in [0.1, 0.15) is 6.54 Å². The number of nitrogens with zero attached hydrogens (tertiary/aromatic N) is 4. The second-order valence-electron chi connectivity index (χ2n) is 7.96. The van der Waals surface area contributed by atoms with Crippen molar-refractivity contribution in [3.63, 3.8) is 0 Å². The molecule has 2 N–H and O–H groups in total. The van der Waals surface area contributed by atoms with Gasteiger partial charge in [-0.2, -0.15) is 18.3 Å². The highest BCUT2D eigenvalue weighted by Crippen LogP contribution is 2.23. The second-order valence-corrected chi connectivity index (χ2v) is 7.96. The molecule has 1 fully saturated rings. The van der Waals surface area contributed by atoms with Crippen molar-refractivity contribution in [2.24, 2.45) is 0 Å². The first kappa shape index (κ1) is 22.5. The molecule has 0 saturated carbocycles. The Hall–Kier alpha value is -1.81. The number of β-amino-alcohol motifs (C(OH)–C–C–N with tert-alkyl or cyclic N) is 1. The SMILES string of the molecule is CC[C@@H]1CN(C(=O)Nc2ccn(CC(F)(F)F)n2)[C@H](CC)CN1CC(C)(C)O. The van der Waals surface area contributed by atoms with E-state index in [1.807, 2.05) is 13.8 Å². The van der Waals surface area contributed by atoms with Crippen molar-refractivity contribution >= 4 is 11.8 Å². The summed E-state index contributed by atoms with van der Waals surface area (Å²) in [5.74, 6) is 0.0936. The predicted octanol–water partition coefficient (Wildman–Crippen LogP) is 2.92. The first-order valence-electron chi connectivity index (χ1n) is 9.56. The standard InChI is InChI=1S/C18H30F3N5O2/c1-5-13-10-26(14(6-2)9-24(13)11-17(3,4)28)16(27)22-15-7-8-25(23-15)12-18(19,20)21/h7-8,13-14,28H,5-6,9-12H2,1-4H3,(H,22,23,27)/t13-,14-/m1/s1. The molecule has 2 heterocycles. The molecule has 2 amide bonds. The van der Waals surface area contributed by atoms with Crippen molar-refractivity contribution in [3.05, 3.63) is 12.3 Å². The van der Waals surface area contributed by atoms with Crippen LogP contribution in [0.15, 0.2) is 12.3 Å². The van der Waals surface area contributed by atoms with Crippen LogP contribution in [0.3, 0.4) is 0 Å². The van der Waals surface area contributed by atoms with Crippen LogP contribution in [0, 0.1) is 0 Å². The molecule has 1 saturated heterocycles. The Labute approximate surface area is 163 Å². The van der Waals surface area contributed by atoms with Gasteiger partial charge >= 0.3 is 12.2 Å². The number of nitrogens with one attached hydrogen (secondary N) is 1. The highest BCUT2D eigenvalue weighted by Gasteiger charge is 2.37. The van der Waals surface area contributed by atoms with E-state index in [9.17, 15) is 23.1 Å². The highest BCUT2D eigenvalue weighted by molar-refractivity contribution is 5.88. The van der Waals surface area contributed by atoms with Gasteiger partial charge in [0.05, 0.1) is 5.60 Å². The van der Waals surface area contributed by atoms with Crippen LogP contribution in [0.25, 0.3) is 0 Å². The van der Waals surface area contributed by atoms with E-state index in [-0.39, 0.29) is 23.9 Å². The van der Waals surface area contributed by atoms with Crippen LogP contribution in [0.5, 0.6) is 0 Å². The molecule has 10 heteroatoms. The predicted molar refractivity (Wildman–Crippen MR) is 100 cm³/mol. The summed E-state index contributed by atoms with van der Waals surface area (Å²) in [5.41, 5.74) is -0.832. The number of aliphatic hydroxyl groups is 1. The third-order valence-electron chi connectivity index (χ3n) is 4.82. The summed E-state index contributed by atoms with van der Waals surface area (Å²) in [4.78, 5) is 16.7. The summed E-state index contributed by atoms with van der Waals surface area (Å²) in [7, 11) is 0. The van der Waals surface area contributed by atoms with Crippen LogP contribution < -0.4 is 5.32 Å². The molecule has 1 aliphatic rings. The highest BCUT2D eigenvalue weighted by atomic mass is 19.4. The summed E-state index contributed by atoms with van der Waals surface area (Å²) in [6, 6.07) is 1.03. The first-order chi connectivity index (χ1) is 12.9. The second kappa shape index (κ2) is 8.69. The minimum atomic E-state index is -4.37. The van der Waals surface area contributed by atoms with E-state index < -0.39 is 18.3 Å². The van der Waals surface area contributed by atoms with Crippen LogP contribution >= 0.6 is 0 Å². The van der Waals surface area contributed by atoms with Crippen molar-refractivity contribution in [2.45, 2.75) is 70.9 Å². The minimum absolute atomic E-state index is 0.0533. The van der Waals surface area contributed by atoms with Gasteiger partial charge in [0, 0.05) is 44.0 Å². The van der Waals surface area contributed by atoms with E-state index in [1.165, 1.54) is 12.3 Å². The number of hydrogen-bond acceptors (Lipinski definition) is 4. The molecule has 0 aromatic carbocycles. The number of halogens is 3. The lowest BCUT2D eigenvalue weighted by molar-refractivity contribution is -0.142. The molecule has 0 bridgehead atoms. The summed E-state index contributed by atoms with van der Waals surface area (Å²) < 4.78 is 38.1. The van der Waals surface area contributed by atoms with E-state index >= 15 is 0 Å². The molecule has 2 atom stereocenters. The number of carbonyl (C=O) groups is 1. The van der Waals surface area contributed by atoms with Crippen molar-refractivity contribution < 1.29 is 23.1 Å². The Balaban J connectivity index is 2.05. The van der Waals surface area contributed by atoms with E-state index in [4.69, 9.17) is 0 Å². The maximum atomic E-state index is 12.8. The van der Waals surface area contributed by atoms with Crippen LogP contribution in [-0.4, -0.2) is 74.2 Å². The Morgan fingerprint density at radius 2 is 1.86 bits per heavy atom. The average Bonchev–Trinajstić information content (AvgIpc) is 2.97. The molecule has 0 unspecified atom stereocenters. The molecular weight excluding hydrogens is 375 g/mol. The largest absolute Gasteiger partial charge is 0.408 e. The van der Waals surface area contributed by atoms with Gasteiger partial charge in [-0.25, -0.2) is 4.79 Å². The lowest BCUT2D eigenvalue weighted by atomic mass is 10.00. The van der Waals surface area contributed by atoms with Crippen molar-refractivity contribution in [2.75, 3.05) is 25.0 Å². The smallest absolute Gasteiger partial charge is 0.389 e. The number of urea groups is 1. The number of hydrogen-bond donors (Lipinski definition) is 2. The first-order valence-corrected chi connectivity index (χ1v) is 9.56. The van der Waals surface area contributed by atoms with Crippen molar-refractivity contribution in [1.82, 2.24) is 19.6 Å². The Kier molecular flexibility index (Phi) is 6.97. The molecule has 1 aromatic heterocycles. The van der Waals surface area contributed by atoms with E-state index in [0.717, 1.165) is 17.5 Å². The van der Waals surface area contributed by atoms with Gasteiger partial charge in [-0.3, -0.25) is 14.9 Å².